The maximum atomic E-state index is 13.4. The lowest BCUT2D eigenvalue weighted by Crippen LogP contribution is -2.06. The van der Waals surface area contributed by atoms with Crippen molar-refractivity contribution in [2.75, 3.05) is 0 Å². The first kappa shape index (κ1) is 20.0. The summed E-state index contributed by atoms with van der Waals surface area (Å²) >= 11 is 0. The van der Waals surface area contributed by atoms with Gasteiger partial charge in [0.15, 0.2) is 0 Å². The standard InChI is InChI=1S/C23H16FN3O4/c24-18-10-8-17(9-11-18)22-21(14-26(25-22)19-4-2-1-3-5-19)23(28)31-15-16-6-12-20(13-7-16)27(29)30/h1-14H,15H2. The quantitative estimate of drug-likeness (QED) is 0.252. The number of non-ortho nitro benzene ring substituents is 1. The molecule has 0 radical (unpaired) electrons. The van der Waals surface area contributed by atoms with Crippen LogP contribution in [0.15, 0.2) is 85.1 Å². The molecule has 0 unspecified atom stereocenters. The van der Waals surface area contributed by atoms with Crippen LogP contribution in [0.1, 0.15) is 15.9 Å². The number of nitrogens with zero attached hydrogens (tertiary/aromatic N) is 3. The third-order valence-corrected chi connectivity index (χ3v) is 4.59. The van der Waals surface area contributed by atoms with Crippen LogP contribution in [-0.4, -0.2) is 20.7 Å². The minimum atomic E-state index is -0.611. The number of ether oxygens (including phenoxy) is 1. The van der Waals surface area contributed by atoms with Gasteiger partial charge in [-0.15, -0.1) is 0 Å². The van der Waals surface area contributed by atoms with Crippen molar-refractivity contribution in [2.45, 2.75) is 6.61 Å². The number of rotatable bonds is 6. The monoisotopic (exact) mass is 417 g/mol. The van der Waals surface area contributed by atoms with Crippen LogP contribution in [-0.2, 0) is 11.3 Å². The number of nitro benzene ring substituents is 1. The predicted octanol–water partition coefficient (Wildman–Crippen LogP) is 4.94. The number of carbonyl (C=O) groups is 1. The Morgan fingerprint density at radius 2 is 1.68 bits per heavy atom. The molecule has 0 amide bonds. The molecule has 0 fully saturated rings. The maximum Gasteiger partial charge on any atom is 0.342 e. The molecule has 7 nitrogen and oxygen atoms in total. The van der Waals surface area contributed by atoms with Gasteiger partial charge in [0, 0.05) is 23.9 Å². The summed E-state index contributed by atoms with van der Waals surface area (Å²) in [6, 6.07) is 20.7. The molecule has 4 rings (SSSR count). The highest BCUT2D eigenvalue weighted by Gasteiger charge is 2.20. The van der Waals surface area contributed by atoms with Gasteiger partial charge in [-0.3, -0.25) is 10.1 Å². The summed E-state index contributed by atoms with van der Waals surface area (Å²) in [5.41, 5.74) is 2.46. The molecule has 4 aromatic rings. The average molecular weight is 417 g/mol. The third-order valence-electron chi connectivity index (χ3n) is 4.59. The average Bonchev–Trinajstić information content (AvgIpc) is 3.24. The predicted molar refractivity (Wildman–Crippen MR) is 111 cm³/mol. The first-order chi connectivity index (χ1) is 15.0. The largest absolute Gasteiger partial charge is 0.457 e. The third kappa shape index (κ3) is 4.48. The molecule has 0 N–H and O–H groups in total. The Bertz CT molecular complexity index is 1220. The molecule has 154 valence electrons. The Balaban J connectivity index is 1.62. The van der Waals surface area contributed by atoms with Crippen LogP contribution in [0.4, 0.5) is 10.1 Å². The topological polar surface area (TPSA) is 87.3 Å². The lowest BCUT2D eigenvalue weighted by Gasteiger charge is -2.05. The van der Waals surface area contributed by atoms with Crippen LogP contribution >= 0.6 is 0 Å². The lowest BCUT2D eigenvalue weighted by atomic mass is 10.1. The van der Waals surface area contributed by atoms with E-state index in [9.17, 15) is 19.3 Å². The summed E-state index contributed by atoms with van der Waals surface area (Å²) in [7, 11) is 0. The van der Waals surface area contributed by atoms with Gasteiger partial charge < -0.3 is 4.74 Å². The van der Waals surface area contributed by atoms with Gasteiger partial charge in [0.2, 0.25) is 0 Å². The first-order valence-corrected chi connectivity index (χ1v) is 9.33. The smallest absolute Gasteiger partial charge is 0.342 e. The number of halogens is 1. The normalized spacial score (nSPS) is 10.6. The zero-order valence-corrected chi connectivity index (χ0v) is 16.1. The van der Waals surface area contributed by atoms with Crippen molar-refractivity contribution in [3.05, 3.63) is 112 Å². The van der Waals surface area contributed by atoms with Crippen molar-refractivity contribution in [3.8, 4) is 16.9 Å². The molecule has 0 bridgehead atoms. The number of para-hydroxylation sites is 1. The maximum absolute atomic E-state index is 13.4. The van der Waals surface area contributed by atoms with Gasteiger partial charge in [-0.1, -0.05) is 18.2 Å². The fourth-order valence-corrected chi connectivity index (χ4v) is 3.00. The van der Waals surface area contributed by atoms with Crippen LogP contribution in [0.25, 0.3) is 16.9 Å². The van der Waals surface area contributed by atoms with Crippen LogP contribution in [0.3, 0.4) is 0 Å². The van der Waals surface area contributed by atoms with Crippen molar-refractivity contribution < 1.29 is 18.8 Å². The fourth-order valence-electron chi connectivity index (χ4n) is 3.00. The second-order valence-corrected chi connectivity index (χ2v) is 6.68. The molecule has 0 aliphatic heterocycles. The number of hydrogen-bond acceptors (Lipinski definition) is 5. The fraction of sp³-hybridized carbons (Fsp3) is 0.0435. The van der Waals surface area contributed by atoms with Crippen molar-refractivity contribution in [2.24, 2.45) is 0 Å². The molecule has 0 saturated carbocycles. The molecule has 8 heteroatoms. The van der Waals surface area contributed by atoms with Gasteiger partial charge in [0.25, 0.3) is 5.69 Å². The highest BCUT2D eigenvalue weighted by molar-refractivity contribution is 5.96. The summed E-state index contributed by atoms with van der Waals surface area (Å²) in [6.45, 7) is -0.0593. The van der Waals surface area contributed by atoms with E-state index in [0.717, 1.165) is 5.69 Å². The number of carbonyl (C=O) groups excluding carboxylic acids is 1. The summed E-state index contributed by atoms with van der Waals surface area (Å²) < 4.78 is 20.3. The number of hydrogen-bond donors (Lipinski definition) is 0. The Morgan fingerprint density at radius 1 is 1.00 bits per heavy atom. The van der Waals surface area contributed by atoms with Crippen molar-refractivity contribution in [3.63, 3.8) is 0 Å². The van der Waals surface area contributed by atoms with E-state index >= 15 is 0 Å². The zero-order valence-electron chi connectivity index (χ0n) is 16.1. The van der Waals surface area contributed by atoms with E-state index in [4.69, 9.17) is 4.74 Å². The minimum absolute atomic E-state index is 0.0437. The Labute approximate surface area is 176 Å². The molecule has 0 saturated heterocycles. The Hall–Kier alpha value is -4.33. The van der Waals surface area contributed by atoms with Crippen LogP contribution in [0.5, 0.6) is 0 Å². The molecular weight excluding hydrogens is 401 g/mol. The molecule has 3 aromatic carbocycles. The summed E-state index contributed by atoms with van der Waals surface area (Å²) in [5.74, 6) is -1.01. The molecule has 1 aromatic heterocycles. The summed E-state index contributed by atoms with van der Waals surface area (Å²) in [4.78, 5) is 23.1. The minimum Gasteiger partial charge on any atom is -0.457 e. The molecular formula is C23H16FN3O4. The highest BCUT2D eigenvalue weighted by atomic mass is 19.1. The molecule has 31 heavy (non-hydrogen) atoms. The number of nitro groups is 1. The lowest BCUT2D eigenvalue weighted by molar-refractivity contribution is -0.384. The van der Waals surface area contributed by atoms with E-state index in [1.807, 2.05) is 30.3 Å². The Morgan fingerprint density at radius 3 is 2.32 bits per heavy atom. The molecule has 0 aliphatic rings. The van der Waals surface area contributed by atoms with E-state index in [1.54, 1.807) is 23.0 Å². The van der Waals surface area contributed by atoms with Gasteiger partial charge in [-0.25, -0.2) is 13.9 Å². The van der Waals surface area contributed by atoms with E-state index in [-0.39, 0.29) is 17.9 Å². The Kier molecular flexibility index (Phi) is 5.53. The van der Waals surface area contributed by atoms with E-state index in [2.05, 4.69) is 5.10 Å². The van der Waals surface area contributed by atoms with Gasteiger partial charge in [-0.05, 0) is 54.1 Å². The number of benzene rings is 3. The molecule has 0 atom stereocenters. The van der Waals surface area contributed by atoms with E-state index in [0.29, 0.717) is 16.8 Å². The van der Waals surface area contributed by atoms with Gasteiger partial charge >= 0.3 is 5.97 Å². The number of esters is 1. The van der Waals surface area contributed by atoms with E-state index < -0.39 is 16.7 Å². The molecule has 1 heterocycles. The van der Waals surface area contributed by atoms with Gasteiger partial charge in [0.1, 0.15) is 23.7 Å². The second-order valence-electron chi connectivity index (χ2n) is 6.68. The van der Waals surface area contributed by atoms with E-state index in [1.165, 1.54) is 36.4 Å². The molecule has 0 spiro atoms. The molecule has 0 aliphatic carbocycles. The van der Waals surface area contributed by atoms with Crippen molar-refractivity contribution >= 4 is 11.7 Å². The van der Waals surface area contributed by atoms with Crippen LogP contribution in [0, 0.1) is 15.9 Å². The second kappa shape index (κ2) is 8.58. The van der Waals surface area contributed by atoms with Crippen LogP contribution in [0.2, 0.25) is 0 Å². The first-order valence-electron chi connectivity index (χ1n) is 9.33. The zero-order chi connectivity index (χ0) is 21.8. The SMILES string of the molecule is O=C(OCc1ccc([N+](=O)[O-])cc1)c1cn(-c2ccccc2)nc1-c1ccc(F)cc1. The summed E-state index contributed by atoms with van der Waals surface area (Å²) in [5, 5.41) is 15.3. The number of aromatic nitrogens is 2. The van der Waals surface area contributed by atoms with Crippen molar-refractivity contribution in [1.29, 1.82) is 0 Å². The van der Waals surface area contributed by atoms with Gasteiger partial charge in [0.05, 0.1) is 10.6 Å². The highest BCUT2D eigenvalue weighted by Crippen LogP contribution is 2.25. The van der Waals surface area contributed by atoms with Crippen LogP contribution < -0.4 is 0 Å². The van der Waals surface area contributed by atoms with Crippen molar-refractivity contribution in [1.82, 2.24) is 9.78 Å². The summed E-state index contributed by atoms with van der Waals surface area (Å²) in [6.07, 6.45) is 1.56. The van der Waals surface area contributed by atoms with Gasteiger partial charge in [-0.2, -0.15) is 5.10 Å².